The molecule has 1 heterocycles. The molecule has 3 N–H and O–H groups in total. The van der Waals surface area contributed by atoms with Crippen molar-refractivity contribution in [2.75, 3.05) is 32.8 Å². The lowest BCUT2D eigenvalue weighted by atomic mass is 9.81. The van der Waals surface area contributed by atoms with Crippen LogP contribution in [0.15, 0.2) is 0 Å². The molecule has 0 unspecified atom stereocenters. The third-order valence-electron chi connectivity index (χ3n) is 3.14. The van der Waals surface area contributed by atoms with Gasteiger partial charge in [-0.1, -0.05) is 0 Å². The Labute approximate surface area is 96.3 Å². The smallest absolute Gasteiger partial charge is 0.279 e. The largest absolute Gasteiger partial charge is 0.379 e. The van der Waals surface area contributed by atoms with Crippen molar-refractivity contribution in [3.8, 4) is 0 Å². The Morgan fingerprint density at radius 2 is 1.94 bits per heavy atom. The van der Waals surface area contributed by atoms with Crippen molar-refractivity contribution < 1.29 is 13.2 Å². The average Bonchev–Trinajstić information content (AvgIpc) is 2.24. The summed E-state index contributed by atoms with van der Waals surface area (Å²) >= 11 is 0. The van der Waals surface area contributed by atoms with E-state index < -0.39 is 10.2 Å². The van der Waals surface area contributed by atoms with Gasteiger partial charge >= 0.3 is 0 Å². The molecule has 6 nitrogen and oxygen atoms in total. The summed E-state index contributed by atoms with van der Waals surface area (Å²) in [7, 11) is -3.31. The van der Waals surface area contributed by atoms with Gasteiger partial charge in [0.15, 0.2) is 0 Å². The van der Waals surface area contributed by atoms with Gasteiger partial charge in [0, 0.05) is 25.7 Å². The molecule has 2 rings (SSSR count). The average molecular weight is 249 g/mol. The van der Waals surface area contributed by atoms with Gasteiger partial charge in [0.1, 0.15) is 0 Å². The Balaban J connectivity index is 1.78. The minimum Gasteiger partial charge on any atom is -0.379 e. The first-order valence-corrected chi connectivity index (χ1v) is 7.10. The van der Waals surface area contributed by atoms with Crippen LogP contribution in [0.3, 0.4) is 0 Å². The van der Waals surface area contributed by atoms with Crippen LogP contribution in [0.1, 0.15) is 12.8 Å². The van der Waals surface area contributed by atoms with Crippen molar-refractivity contribution in [2.24, 2.45) is 11.7 Å². The van der Waals surface area contributed by atoms with Gasteiger partial charge in [-0.3, -0.25) is 0 Å². The van der Waals surface area contributed by atoms with E-state index in [1.807, 2.05) is 0 Å². The van der Waals surface area contributed by atoms with Gasteiger partial charge in [0.25, 0.3) is 10.2 Å². The maximum atomic E-state index is 11.8. The van der Waals surface area contributed by atoms with Gasteiger partial charge in [0.05, 0.1) is 13.2 Å². The zero-order valence-electron chi connectivity index (χ0n) is 9.26. The van der Waals surface area contributed by atoms with Crippen molar-refractivity contribution in [1.82, 2.24) is 9.03 Å². The van der Waals surface area contributed by atoms with Crippen LogP contribution >= 0.6 is 0 Å². The van der Waals surface area contributed by atoms with Crippen molar-refractivity contribution in [3.05, 3.63) is 0 Å². The molecule has 0 radical (unpaired) electrons. The second-order valence-corrected chi connectivity index (χ2v) is 6.22. The highest BCUT2D eigenvalue weighted by Crippen LogP contribution is 2.24. The zero-order valence-corrected chi connectivity index (χ0v) is 10.1. The number of hydrogen-bond acceptors (Lipinski definition) is 4. The predicted octanol–water partition coefficient (Wildman–Crippen LogP) is -1.11. The van der Waals surface area contributed by atoms with Crippen molar-refractivity contribution in [3.63, 3.8) is 0 Å². The van der Waals surface area contributed by atoms with E-state index in [4.69, 9.17) is 10.5 Å². The highest BCUT2D eigenvalue weighted by Gasteiger charge is 2.29. The third kappa shape index (κ3) is 2.92. The lowest BCUT2D eigenvalue weighted by Crippen LogP contribution is -2.49. The Bertz CT molecular complexity index is 321. The first kappa shape index (κ1) is 12.3. The molecule has 0 aromatic heterocycles. The molecule has 0 aromatic rings. The highest BCUT2D eigenvalue weighted by atomic mass is 32.2. The van der Waals surface area contributed by atoms with Gasteiger partial charge < -0.3 is 10.5 Å². The molecular weight excluding hydrogens is 230 g/mol. The monoisotopic (exact) mass is 249 g/mol. The minimum atomic E-state index is -3.31. The van der Waals surface area contributed by atoms with E-state index in [1.54, 1.807) is 0 Å². The molecule has 7 heteroatoms. The Morgan fingerprint density at radius 3 is 2.50 bits per heavy atom. The molecule has 0 spiro atoms. The Hall–Kier alpha value is -0.210. The van der Waals surface area contributed by atoms with Crippen LogP contribution in [-0.4, -0.2) is 51.6 Å². The SMILES string of the molecule is NC1CC(CNS(=O)(=O)N2CCOCC2)C1. The topological polar surface area (TPSA) is 84.7 Å². The number of hydrogen-bond donors (Lipinski definition) is 2. The maximum Gasteiger partial charge on any atom is 0.279 e. The van der Waals surface area contributed by atoms with E-state index >= 15 is 0 Å². The Kier molecular flexibility index (Phi) is 3.81. The molecule has 16 heavy (non-hydrogen) atoms. The minimum absolute atomic E-state index is 0.262. The highest BCUT2D eigenvalue weighted by molar-refractivity contribution is 7.87. The molecule has 0 atom stereocenters. The predicted molar refractivity (Wildman–Crippen MR) is 60.0 cm³/mol. The number of ether oxygens (including phenoxy) is 1. The molecule has 2 fully saturated rings. The van der Waals surface area contributed by atoms with Crippen LogP contribution in [0, 0.1) is 5.92 Å². The lowest BCUT2D eigenvalue weighted by Gasteiger charge is -2.33. The van der Waals surface area contributed by atoms with Crippen molar-refractivity contribution in [1.29, 1.82) is 0 Å². The van der Waals surface area contributed by atoms with Crippen LogP contribution in [0.4, 0.5) is 0 Å². The lowest BCUT2D eigenvalue weighted by molar-refractivity contribution is 0.0723. The fourth-order valence-electron chi connectivity index (χ4n) is 2.06. The molecule has 94 valence electrons. The maximum absolute atomic E-state index is 11.8. The summed E-state index contributed by atoms with van der Waals surface area (Å²) in [6.07, 6.45) is 1.84. The fraction of sp³-hybridized carbons (Fsp3) is 1.00. The van der Waals surface area contributed by atoms with Gasteiger partial charge in [0.2, 0.25) is 0 Å². The standard InChI is InChI=1S/C9H19N3O3S/c10-9-5-8(6-9)7-11-16(13,14)12-1-3-15-4-2-12/h8-9,11H,1-7,10H2. The van der Waals surface area contributed by atoms with Crippen molar-refractivity contribution in [2.45, 2.75) is 18.9 Å². The van der Waals surface area contributed by atoms with E-state index in [0.29, 0.717) is 38.8 Å². The molecule has 1 saturated carbocycles. The summed E-state index contributed by atoms with van der Waals surface area (Å²) in [5.74, 6) is 0.408. The number of nitrogens with two attached hydrogens (primary N) is 1. The summed E-state index contributed by atoms with van der Waals surface area (Å²) in [4.78, 5) is 0. The summed E-state index contributed by atoms with van der Waals surface area (Å²) in [5, 5.41) is 0. The molecular formula is C9H19N3O3S. The summed E-state index contributed by atoms with van der Waals surface area (Å²) in [6.45, 7) is 2.36. The molecule has 0 bridgehead atoms. The van der Waals surface area contributed by atoms with Crippen LogP contribution in [-0.2, 0) is 14.9 Å². The quantitative estimate of drug-likeness (QED) is 0.661. The molecule has 2 aliphatic rings. The second kappa shape index (κ2) is 4.97. The molecule has 0 aromatic carbocycles. The molecule has 1 aliphatic heterocycles. The summed E-state index contributed by atoms with van der Waals surface area (Å²) < 4.78 is 32.9. The van der Waals surface area contributed by atoms with Gasteiger partial charge in [-0.25, -0.2) is 4.72 Å². The Morgan fingerprint density at radius 1 is 1.31 bits per heavy atom. The fourth-order valence-corrected chi connectivity index (χ4v) is 3.31. The summed E-state index contributed by atoms with van der Waals surface area (Å²) in [6, 6.07) is 0.262. The zero-order chi connectivity index (χ0) is 11.6. The van der Waals surface area contributed by atoms with E-state index in [0.717, 1.165) is 12.8 Å². The van der Waals surface area contributed by atoms with Crippen LogP contribution in [0.5, 0.6) is 0 Å². The van der Waals surface area contributed by atoms with Crippen LogP contribution in [0.2, 0.25) is 0 Å². The first-order chi connectivity index (χ1) is 7.58. The summed E-state index contributed by atoms with van der Waals surface area (Å²) in [5.41, 5.74) is 5.65. The van der Waals surface area contributed by atoms with Gasteiger partial charge in [-0.2, -0.15) is 12.7 Å². The third-order valence-corrected chi connectivity index (χ3v) is 4.71. The van der Waals surface area contributed by atoms with E-state index in [9.17, 15) is 8.42 Å². The number of rotatable bonds is 4. The van der Waals surface area contributed by atoms with Gasteiger partial charge in [-0.15, -0.1) is 0 Å². The van der Waals surface area contributed by atoms with Crippen molar-refractivity contribution >= 4 is 10.2 Å². The second-order valence-electron chi connectivity index (χ2n) is 4.46. The van der Waals surface area contributed by atoms with Gasteiger partial charge in [-0.05, 0) is 18.8 Å². The molecule has 1 saturated heterocycles. The number of nitrogens with zero attached hydrogens (tertiary/aromatic N) is 1. The van der Waals surface area contributed by atoms with E-state index in [-0.39, 0.29) is 6.04 Å². The number of nitrogens with one attached hydrogen (secondary N) is 1. The van der Waals surface area contributed by atoms with Crippen LogP contribution in [0.25, 0.3) is 0 Å². The molecule has 1 aliphatic carbocycles. The first-order valence-electron chi connectivity index (χ1n) is 5.66. The van der Waals surface area contributed by atoms with Crippen LogP contribution < -0.4 is 10.5 Å². The number of morpholine rings is 1. The normalized spacial score (nSPS) is 32.3. The van der Waals surface area contributed by atoms with E-state index in [2.05, 4.69) is 4.72 Å². The van der Waals surface area contributed by atoms with E-state index in [1.165, 1.54) is 4.31 Å². The molecule has 0 amide bonds.